The standard InChI is InChI=1S/C16H26N4O2.HI/c1-4-17-16(19-13-15(21)20(2)3)18-11-8-12-22-14-9-6-5-7-10-14;/h5-7,9-10H,4,8,11-13H2,1-3H3,(H2,17,18,19);1H. The van der Waals surface area contributed by atoms with E-state index in [-0.39, 0.29) is 36.4 Å². The van der Waals surface area contributed by atoms with E-state index in [2.05, 4.69) is 15.6 Å². The third-order valence-corrected chi connectivity index (χ3v) is 2.84. The van der Waals surface area contributed by atoms with E-state index < -0.39 is 0 Å². The number of benzene rings is 1. The lowest BCUT2D eigenvalue weighted by Crippen LogP contribution is -2.39. The molecular weight excluding hydrogens is 407 g/mol. The molecule has 1 aromatic carbocycles. The van der Waals surface area contributed by atoms with Gasteiger partial charge in [-0.2, -0.15) is 0 Å². The number of para-hydroxylation sites is 1. The van der Waals surface area contributed by atoms with Gasteiger partial charge in [0.2, 0.25) is 5.91 Å². The zero-order valence-electron chi connectivity index (χ0n) is 14.0. The lowest BCUT2D eigenvalue weighted by Gasteiger charge is -2.13. The fraction of sp³-hybridized carbons (Fsp3) is 0.500. The van der Waals surface area contributed by atoms with Crippen LogP contribution in [0.5, 0.6) is 5.75 Å². The van der Waals surface area contributed by atoms with E-state index in [1.165, 1.54) is 4.90 Å². The Hall–Kier alpha value is -1.51. The molecule has 0 heterocycles. The smallest absolute Gasteiger partial charge is 0.243 e. The van der Waals surface area contributed by atoms with Crippen molar-refractivity contribution in [2.75, 3.05) is 40.3 Å². The highest BCUT2D eigenvalue weighted by Gasteiger charge is 2.03. The van der Waals surface area contributed by atoms with E-state index in [0.717, 1.165) is 25.3 Å². The molecule has 0 aromatic heterocycles. The molecule has 23 heavy (non-hydrogen) atoms. The molecule has 0 aliphatic rings. The fourth-order valence-electron chi connectivity index (χ4n) is 1.62. The molecule has 1 amide bonds. The number of hydrogen-bond donors (Lipinski definition) is 2. The van der Waals surface area contributed by atoms with Crippen LogP contribution in [0.3, 0.4) is 0 Å². The summed E-state index contributed by atoms with van der Waals surface area (Å²) in [5.74, 6) is 1.50. The number of carbonyl (C=O) groups is 1. The number of nitrogens with zero attached hydrogens (tertiary/aromatic N) is 2. The van der Waals surface area contributed by atoms with Gasteiger partial charge in [0, 0.05) is 27.2 Å². The molecule has 0 atom stereocenters. The van der Waals surface area contributed by atoms with Crippen LogP contribution in [0.4, 0.5) is 0 Å². The van der Waals surface area contributed by atoms with Gasteiger partial charge >= 0.3 is 0 Å². The molecule has 1 aromatic rings. The number of likely N-dealkylation sites (N-methyl/N-ethyl adjacent to an activating group) is 1. The molecule has 1 rings (SSSR count). The second-order valence-corrected chi connectivity index (χ2v) is 4.93. The number of halogens is 1. The van der Waals surface area contributed by atoms with Crippen molar-refractivity contribution in [1.82, 2.24) is 15.5 Å². The second-order valence-electron chi connectivity index (χ2n) is 4.93. The number of nitrogens with one attached hydrogen (secondary N) is 2. The van der Waals surface area contributed by atoms with Crippen LogP contribution in [0, 0.1) is 0 Å². The average Bonchev–Trinajstić information content (AvgIpc) is 2.52. The Bertz CT molecular complexity index is 466. The molecule has 0 aliphatic heterocycles. The molecule has 0 bridgehead atoms. The maximum absolute atomic E-state index is 11.5. The highest BCUT2D eigenvalue weighted by Crippen LogP contribution is 2.07. The Kier molecular flexibility index (Phi) is 12.1. The Balaban J connectivity index is 0.00000484. The highest BCUT2D eigenvalue weighted by molar-refractivity contribution is 14.0. The first-order valence-electron chi connectivity index (χ1n) is 7.53. The summed E-state index contributed by atoms with van der Waals surface area (Å²) in [5, 5.41) is 6.30. The summed E-state index contributed by atoms with van der Waals surface area (Å²) in [7, 11) is 3.44. The number of aliphatic imine (C=N–C) groups is 1. The summed E-state index contributed by atoms with van der Waals surface area (Å²) < 4.78 is 5.62. The van der Waals surface area contributed by atoms with Crippen LogP contribution in [-0.4, -0.2) is 57.1 Å². The third-order valence-electron chi connectivity index (χ3n) is 2.84. The molecule has 0 spiro atoms. The molecule has 0 saturated carbocycles. The van der Waals surface area contributed by atoms with Crippen molar-refractivity contribution in [3.8, 4) is 5.75 Å². The maximum atomic E-state index is 11.5. The van der Waals surface area contributed by atoms with Crippen molar-refractivity contribution in [3.05, 3.63) is 30.3 Å². The van der Waals surface area contributed by atoms with E-state index in [9.17, 15) is 4.79 Å². The number of guanidine groups is 1. The molecule has 2 N–H and O–H groups in total. The molecule has 130 valence electrons. The third kappa shape index (κ3) is 9.98. The summed E-state index contributed by atoms with van der Waals surface area (Å²) >= 11 is 0. The first kappa shape index (κ1) is 21.5. The van der Waals surface area contributed by atoms with Gasteiger partial charge in [-0.3, -0.25) is 4.79 Å². The molecule has 0 unspecified atom stereocenters. The monoisotopic (exact) mass is 434 g/mol. The minimum Gasteiger partial charge on any atom is -0.494 e. The Morgan fingerprint density at radius 3 is 2.52 bits per heavy atom. The summed E-state index contributed by atoms with van der Waals surface area (Å²) in [5.41, 5.74) is 0. The SMILES string of the molecule is CCNC(=NCC(=O)N(C)C)NCCCOc1ccccc1.I. The van der Waals surface area contributed by atoms with Crippen LogP contribution < -0.4 is 15.4 Å². The van der Waals surface area contributed by atoms with Crippen LogP contribution in [0.25, 0.3) is 0 Å². The van der Waals surface area contributed by atoms with Gasteiger partial charge in [-0.15, -0.1) is 24.0 Å². The summed E-state index contributed by atoms with van der Waals surface area (Å²) in [6, 6.07) is 9.73. The quantitative estimate of drug-likeness (QED) is 0.283. The molecule has 6 nitrogen and oxygen atoms in total. The van der Waals surface area contributed by atoms with Gasteiger partial charge in [-0.05, 0) is 25.5 Å². The molecular formula is C16H27IN4O2. The van der Waals surface area contributed by atoms with Crippen molar-refractivity contribution >= 4 is 35.8 Å². The van der Waals surface area contributed by atoms with Crippen molar-refractivity contribution in [2.45, 2.75) is 13.3 Å². The van der Waals surface area contributed by atoms with Gasteiger partial charge in [0.1, 0.15) is 12.3 Å². The number of hydrogen-bond acceptors (Lipinski definition) is 3. The second kappa shape index (κ2) is 13.0. The van der Waals surface area contributed by atoms with Gasteiger partial charge in [0.15, 0.2) is 5.96 Å². The summed E-state index contributed by atoms with van der Waals surface area (Å²) in [6.07, 6.45) is 0.848. The molecule has 0 radical (unpaired) electrons. The lowest BCUT2D eigenvalue weighted by molar-refractivity contribution is -0.127. The number of ether oxygens (including phenoxy) is 1. The maximum Gasteiger partial charge on any atom is 0.243 e. The first-order valence-corrected chi connectivity index (χ1v) is 7.53. The topological polar surface area (TPSA) is 66.0 Å². The largest absolute Gasteiger partial charge is 0.494 e. The van der Waals surface area contributed by atoms with Crippen molar-refractivity contribution in [2.24, 2.45) is 4.99 Å². The number of rotatable bonds is 8. The minimum absolute atomic E-state index is 0. The summed E-state index contributed by atoms with van der Waals surface area (Å²) in [6.45, 7) is 4.25. The summed E-state index contributed by atoms with van der Waals surface area (Å²) in [4.78, 5) is 17.3. The minimum atomic E-state index is -0.0235. The van der Waals surface area contributed by atoms with Crippen LogP contribution >= 0.6 is 24.0 Å². The van der Waals surface area contributed by atoms with Gasteiger partial charge in [-0.1, -0.05) is 18.2 Å². The Morgan fingerprint density at radius 2 is 1.91 bits per heavy atom. The van der Waals surface area contributed by atoms with Gasteiger partial charge < -0.3 is 20.3 Å². The van der Waals surface area contributed by atoms with E-state index in [4.69, 9.17) is 4.74 Å². The van der Waals surface area contributed by atoms with Crippen LogP contribution in [0.2, 0.25) is 0 Å². The predicted octanol–water partition coefficient (Wildman–Crippen LogP) is 1.72. The Labute approximate surface area is 155 Å². The Morgan fingerprint density at radius 1 is 1.22 bits per heavy atom. The van der Waals surface area contributed by atoms with Gasteiger partial charge in [-0.25, -0.2) is 4.99 Å². The van der Waals surface area contributed by atoms with E-state index >= 15 is 0 Å². The lowest BCUT2D eigenvalue weighted by atomic mass is 10.3. The van der Waals surface area contributed by atoms with Crippen molar-refractivity contribution < 1.29 is 9.53 Å². The average molecular weight is 434 g/mol. The zero-order chi connectivity index (χ0) is 16.2. The van der Waals surface area contributed by atoms with Crippen LogP contribution in [-0.2, 0) is 4.79 Å². The van der Waals surface area contributed by atoms with Crippen molar-refractivity contribution in [3.63, 3.8) is 0 Å². The van der Waals surface area contributed by atoms with Gasteiger partial charge in [0.05, 0.1) is 6.61 Å². The number of carbonyl (C=O) groups excluding carboxylic acids is 1. The van der Waals surface area contributed by atoms with Gasteiger partial charge in [0.25, 0.3) is 0 Å². The molecule has 0 aliphatic carbocycles. The normalized spacial score (nSPS) is 10.5. The van der Waals surface area contributed by atoms with E-state index in [0.29, 0.717) is 12.6 Å². The molecule has 0 fully saturated rings. The van der Waals surface area contributed by atoms with E-state index in [1.807, 2.05) is 37.3 Å². The van der Waals surface area contributed by atoms with Crippen LogP contribution in [0.1, 0.15) is 13.3 Å². The fourth-order valence-corrected chi connectivity index (χ4v) is 1.62. The first-order chi connectivity index (χ1) is 10.6. The zero-order valence-corrected chi connectivity index (χ0v) is 16.4. The molecule has 0 saturated heterocycles. The van der Waals surface area contributed by atoms with Crippen molar-refractivity contribution in [1.29, 1.82) is 0 Å². The number of amides is 1. The van der Waals surface area contributed by atoms with E-state index in [1.54, 1.807) is 14.1 Å². The highest BCUT2D eigenvalue weighted by atomic mass is 127. The molecule has 7 heteroatoms. The predicted molar refractivity (Wildman–Crippen MR) is 105 cm³/mol. The van der Waals surface area contributed by atoms with Crippen LogP contribution in [0.15, 0.2) is 35.3 Å².